The predicted octanol–water partition coefficient (Wildman–Crippen LogP) is 0.976. The monoisotopic (exact) mass is 181 g/mol. The molecule has 3 heteroatoms. The van der Waals surface area contributed by atoms with Crippen LogP contribution in [-0.4, -0.2) is 29.2 Å². The lowest BCUT2D eigenvalue weighted by Gasteiger charge is -2.31. The van der Waals surface area contributed by atoms with Gasteiger partial charge in [0.05, 0.1) is 0 Å². The Balaban J connectivity index is 2.14. The molecule has 2 atom stereocenters. The molecule has 1 amide bonds. The number of Topliss-reactive ketones (excluding diaryl/α,β-unsaturated/α-hetero) is 1. The molecule has 0 bridgehead atoms. The molecule has 0 N–H and O–H groups in total. The Labute approximate surface area is 78.1 Å². The van der Waals surface area contributed by atoms with Crippen LogP contribution in [-0.2, 0) is 9.59 Å². The van der Waals surface area contributed by atoms with Crippen LogP contribution in [0.5, 0.6) is 0 Å². The summed E-state index contributed by atoms with van der Waals surface area (Å²) in [5.41, 5.74) is 0. The number of ketones is 1. The van der Waals surface area contributed by atoms with Crippen molar-refractivity contribution in [3.8, 4) is 0 Å². The molecule has 2 aliphatic rings. The number of carbonyl (C=O) groups is 2. The molecule has 0 aromatic rings. The van der Waals surface area contributed by atoms with E-state index in [1.165, 1.54) is 0 Å². The average Bonchev–Trinajstić information content (AvgIpc) is 2.48. The fourth-order valence-electron chi connectivity index (χ4n) is 2.60. The summed E-state index contributed by atoms with van der Waals surface area (Å²) in [4.78, 5) is 24.6. The number of hydrogen-bond acceptors (Lipinski definition) is 2. The first-order chi connectivity index (χ1) is 6.20. The first-order valence-corrected chi connectivity index (χ1v) is 5.00. The van der Waals surface area contributed by atoms with Crippen LogP contribution < -0.4 is 0 Å². The normalized spacial score (nSPS) is 33.3. The Kier molecular flexibility index (Phi) is 2.10. The zero-order chi connectivity index (χ0) is 9.42. The number of hydrogen-bond donors (Lipinski definition) is 0. The van der Waals surface area contributed by atoms with Gasteiger partial charge in [-0.1, -0.05) is 0 Å². The largest absolute Gasteiger partial charge is 0.339 e. The van der Waals surface area contributed by atoms with Crippen molar-refractivity contribution < 1.29 is 9.59 Å². The van der Waals surface area contributed by atoms with E-state index in [1.807, 2.05) is 4.90 Å². The molecule has 2 heterocycles. The van der Waals surface area contributed by atoms with E-state index in [2.05, 4.69) is 0 Å². The highest BCUT2D eigenvalue weighted by Gasteiger charge is 2.40. The lowest BCUT2D eigenvalue weighted by atomic mass is 9.90. The fourth-order valence-corrected chi connectivity index (χ4v) is 2.60. The Hall–Kier alpha value is -0.860. The topological polar surface area (TPSA) is 37.4 Å². The van der Waals surface area contributed by atoms with E-state index in [0.29, 0.717) is 6.42 Å². The molecule has 0 saturated carbocycles. The summed E-state index contributed by atoms with van der Waals surface area (Å²) in [5, 5.41) is 0. The molecule has 2 unspecified atom stereocenters. The SMILES string of the molecule is CC(=O)C1CCN2C(=O)CCCC12. The predicted molar refractivity (Wildman–Crippen MR) is 48.1 cm³/mol. The van der Waals surface area contributed by atoms with E-state index >= 15 is 0 Å². The van der Waals surface area contributed by atoms with E-state index in [-0.39, 0.29) is 23.7 Å². The van der Waals surface area contributed by atoms with E-state index in [0.717, 1.165) is 25.8 Å². The molecule has 0 aromatic carbocycles. The maximum atomic E-state index is 11.5. The minimum atomic E-state index is 0.129. The first-order valence-electron chi connectivity index (χ1n) is 5.00. The smallest absolute Gasteiger partial charge is 0.222 e. The molecule has 0 spiro atoms. The number of nitrogens with zero attached hydrogens (tertiary/aromatic N) is 1. The van der Waals surface area contributed by atoms with Crippen LogP contribution in [0.1, 0.15) is 32.6 Å². The second kappa shape index (κ2) is 3.13. The maximum Gasteiger partial charge on any atom is 0.222 e. The minimum absolute atomic E-state index is 0.129. The van der Waals surface area contributed by atoms with Crippen molar-refractivity contribution in [2.75, 3.05) is 6.54 Å². The molecular formula is C10H15NO2. The van der Waals surface area contributed by atoms with Crippen LogP contribution in [0.3, 0.4) is 0 Å². The third-order valence-electron chi connectivity index (χ3n) is 3.28. The van der Waals surface area contributed by atoms with Gasteiger partial charge in [0.1, 0.15) is 5.78 Å². The molecule has 0 aromatic heterocycles. The van der Waals surface area contributed by atoms with Gasteiger partial charge >= 0.3 is 0 Å². The van der Waals surface area contributed by atoms with Crippen LogP contribution in [0, 0.1) is 5.92 Å². The second-order valence-electron chi connectivity index (χ2n) is 4.05. The highest BCUT2D eigenvalue weighted by Crippen LogP contribution is 2.32. The number of fused-ring (bicyclic) bond motifs is 1. The van der Waals surface area contributed by atoms with E-state index in [4.69, 9.17) is 0 Å². The number of carbonyl (C=O) groups excluding carboxylic acids is 2. The Morgan fingerprint density at radius 2 is 2.23 bits per heavy atom. The fraction of sp³-hybridized carbons (Fsp3) is 0.800. The Morgan fingerprint density at radius 3 is 2.92 bits per heavy atom. The van der Waals surface area contributed by atoms with Gasteiger partial charge in [-0.05, 0) is 26.2 Å². The Morgan fingerprint density at radius 1 is 1.46 bits per heavy atom. The van der Waals surface area contributed by atoms with Gasteiger partial charge in [0, 0.05) is 24.9 Å². The van der Waals surface area contributed by atoms with Crippen molar-refractivity contribution in [3.63, 3.8) is 0 Å². The summed E-state index contributed by atoms with van der Waals surface area (Å²) >= 11 is 0. The zero-order valence-corrected chi connectivity index (χ0v) is 7.95. The summed E-state index contributed by atoms with van der Waals surface area (Å²) in [6.07, 6.45) is 3.55. The molecule has 2 rings (SSSR count). The van der Waals surface area contributed by atoms with Gasteiger partial charge in [-0.3, -0.25) is 9.59 Å². The van der Waals surface area contributed by atoms with Gasteiger partial charge in [0.25, 0.3) is 0 Å². The summed E-state index contributed by atoms with van der Waals surface area (Å²) in [5.74, 6) is 0.631. The van der Waals surface area contributed by atoms with Crippen LogP contribution in [0.2, 0.25) is 0 Å². The van der Waals surface area contributed by atoms with Crippen LogP contribution in [0.15, 0.2) is 0 Å². The van der Waals surface area contributed by atoms with Crippen LogP contribution >= 0.6 is 0 Å². The van der Waals surface area contributed by atoms with Gasteiger partial charge < -0.3 is 4.90 Å². The molecule has 2 saturated heterocycles. The van der Waals surface area contributed by atoms with Gasteiger partial charge in [-0.25, -0.2) is 0 Å². The van der Waals surface area contributed by atoms with Crippen molar-refractivity contribution in [3.05, 3.63) is 0 Å². The van der Waals surface area contributed by atoms with Crippen LogP contribution in [0.25, 0.3) is 0 Å². The first kappa shape index (κ1) is 8.73. The lowest BCUT2D eigenvalue weighted by Crippen LogP contribution is -2.42. The van der Waals surface area contributed by atoms with Crippen molar-refractivity contribution in [2.24, 2.45) is 5.92 Å². The summed E-state index contributed by atoms with van der Waals surface area (Å²) < 4.78 is 0. The van der Waals surface area contributed by atoms with Crippen molar-refractivity contribution in [1.82, 2.24) is 4.90 Å². The van der Waals surface area contributed by atoms with E-state index in [1.54, 1.807) is 6.92 Å². The molecule has 0 radical (unpaired) electrons. The number of piperidine rings is 1. The second-order valence-corrected chi connectivity index (χ2v) is 4.05. The quantitative estimate of drug-likeness (QED) is 0.604. The molecule has 72 valence electrons. The van der Waals surface area contributed by atoms with Gasteiger partial charge in [0.15, 0.2) is 0 Å². The summed E-state index contributed by atoms with van der Waals surface area (Å²) in [6.45, 7) is 2.45. The van der Waals surface area contributed by atoms with Gasteiger partial charge in [-0.2, -0.15) is 0 Å². The van der Waals surface area contributed by atoms with Crippen molar-refractivity contribution >= 4 is 11.7 Å². The third-order valence-corrected chi connectivity index (χ3v) is 3.28. The van der Waals surface area contributed by atoms with Crippen molar-refractivity contribution in [1.29, 1.82) is 0 Å². The standard InChI is InChI=1S/C10H15NO2/c1-7(12)8-5-6-11-9(8)3-2-4-10(11)13/h8-9H,2-6H2,1H3. The van der Waals surface area contributed by atoms with Gasteiger partial charge in [0.2, 0.25) is 5.91 Å². The molecule has 3 nitrogen and oxygen atoms in total. The summed E-state index contributed by atoms with van der Waals surface area (Å²) in [6, 6.07) is 0.235. The molecule has 0 aliphatic carbocycles. The van der Waals surface area contributed by atoms with Crippen molar-refractivity contribution in [2.45, 2.75) is 38.6 Å². The highest BCUT2D eigenvalue weighted by molar-refractivity contribution is 5.83. The number of rotatable bonds is 1. The van der Waals surface area contributed by atoms with Crippen LogP contribution in [0.4, 0.5) is 0 Å². The van der Waals surface area contributed by atoms with E-state index < -0.39 is 0 Å². The average molecular weight is 181 g/mol. The minimum Gasteiger partial charge on any atom is -0.339 e. The number of amides is 1. The third kappa shape index (κ3) is 1.36. The molecular weight excluding hydrogens is 166 g/mol. The molecule has 2 fully saturated rings. The highest BCUT2D eigenvalue weighted by atomic mass is 16.2. The Bertz CT molecular complexity index is 243. The maximum absolute atomic E-state index is 11.5. The van der Waals surface area contributed by atoms with E-state index in [9.17, 15) is 9.59 Å². The lowest BCUT2D eigenvalue weighted by molar-refractivity contribution is -0.135. The summed E-state index contributed by atoms with van der Waals surface area (Å²) in [7, 11) is 0. The molecule has 13 heavy (non-hydrogen) atoms. The molecule has 2 aliphatic heterocycles. The zero-order valence-electron chi connectivity index (χ0n) is 7.95. The van der Waals surface area contributed by atoms with Gasteiger partial charge in [-0.15, -0.1) is 0 Å².